The lowest BCUT2D eigenvalue weighted by Gasteiger charge is -2.14. The van der Waals surface area contributed by atoms with Crippen molar-refractivity contribution in [3.8, 4) is 6.07 Å². The van der Waals surface area contributed by atoms with Crippen LogP contribution >= 0.6 is 0 Å². The Morgan fingerprint density at radius 1 is 1.62 bits per heavy atom. The van der Waals surface area contributed by atoms with Crippen molar-refractivity contribution in [2.45, 2.75) is 39.0 Å². The zero-order valence-corrected chi connectivity index (χ0v) is 8.01. The molecule has 1 aliphatic heterocycles. The predicted octanol–water partition coefficient (Wildman–Crippen LogP) is 2.02. The highest BCUT2D eigenvalue weighted by atomic mass is 16.5. The summed E-state index contributed by atoms with van der Waals surface area (Å²) in [5.74, 6) is -0.314. The van der Waals surface area contributed by atoms with Gasteiger partial charge in [-0.2, -0.15) is 5.26 Å². The zero-order valence-electron chi connectivity index (χ0n) is 8.01. The van der Waals surface area contributed by atoms with Crippen LogP contribution in [-0.4, -0.2) is 12.6 Å². The molecule has 0 amide bonds. The maximum atomic E-state index is 11.3. The molecule has 72 valence electrons. The summed E-state index contributed by atoms with van der Waals surface area (Å²) in [5.41, 5.74) is -0.810. The normalized spacial score (nSPS) is 26.9. The molecule has 1 heterocycles. The number of hydrogen-bond acceptors (Lipinski definition) is 3. The Labute approximate surface area is 78.7 Å². The van der Waals surface area contributed by atoms with E-state index in [9.17, 15) is 4.79 Å². The van der Waals surface area contributed by atoms with Crippen LogP contribution < -0.4 is 0 Å². The third kappa shape index (κ3) is 2.00. The van der Waals surface area contributed by atoms with E-state index in [4.69, 9.17) is 10.00 Å². The number of carbonyl (C=O) groups is 1. The van der Waals surface area contributed by atoms with Gasteiger partial charge in [0.05, 0.1) is 12.7 Å². The predicted molar refractivity (Wildman–Crippen MR) is 47.8 cm³/mol. The van der Waals surface area contributed by atoms with Crippen molar-refractivity contribution in [3.63, 3.8) is 0 Å². The summed E-state index contributed by atoms with van der Waals surface area (Å²) in [7, 11) is 0. The van der Waals surface area contributed by atoms with Gasteiger partial charge < -0.3 is 4.74 Å². The molecule has 1 saturated heterocycles. The minimum absolute atomic E-state index is 0.314. The first-order chi connectivity index (χ1) is 6.25. The van der Waals surface area contributed by atoms with Crippen LogP contribution in [-0.2, 0) is 9.53 Å². The molecule has 0 saturated carbocycles. The van der Waals surface area contributed by atoms with Gasteiger partial charge in [0.25, 0.3) is 0 Å². The van der Waals surface area contributed by atoms with Gasteiger partial charge in [0.2, 0.25) is 0 Å². The Morgan fingerprint density at radius 2 is 2.38 bits per heavy atom. The summed E-state index contributed by atoms with van der Waals surface area (Å²) in [6, 6.07) is 2.11. The molecule has 0 spiro atoms. The molecule has 1 rings (SSSR count). The van der Waals surface area contributed by atoms with Gasteiger partial charge in [-0.1, -0.05) is 26.2 Å². The molecule has 0 bridgehead atoms. The number of carbonyl (C=O) groups excluding carboxylic acids is 1. The smallest absolute Gasteiger partial charge is 0.326 e. The maximum Gasteiger partial charge on any atom is 0.326 e. The van der Waals surface area contributed by atoms with Crippen molar-refractivity contribution >= 4 is 5.97 Å². The fourth-order valence-electron chi connectivity index (χ4n) is 1.62. The van der Waals surface area contributed by atoms with Crippen molar-refractivity contribution in [2.24, 2.45) is 5.41 Å². The SMILES string of the molecule is CCCCCC1(C#N)CCOC1=O. The van der Waals surface area contributed by atoms with Gasteiger partial charge in [-0.25, -0.2) is 0 Å². The fraction of sp³-hybridized carbons (Fsp3) is 0.800. The van der Waals surface area contributed by atoms with Gasteiger partial charge in [-0.15, -0.1) is 0 Å². The Hall–Kier alpha value is -1.04. The summed E-state index contributed by atoms with van der Waals surface area (Å²) in [6.07, 6.45) is 4.37. The standard InChI is InChI=1S/C10H15NO2/c1-2-3-4-5-10(8-11)6-7-13-9(10)12/h2-7H2,1H3. The molecule has 1 aliphatic rings. The second-order valence-corrected chi connectivity index (χ2v) is 3.54. The summed E-state index contributed by atoms with van der Waals surface area (Å²) < 4.78 is 4.83. The first-order valence-corrected chi connectivity index (χ1v) is 4.83. The molecule has 0 aromatic heterocycles. The van der Waals surface area contributed by atoms with Crippen molar-refractivity contribution < 1.29 is 9.53 Å². The highest BCUT2D eigenvalue weighted by Crippen LogP contribution is 2.34. The van der Waals surface area contributed by atoms with Crippen molar-refractivity contribution in [1.29, 1.82) is 5.26 Å². The minimum atomic E-state index is -0.810. The molecular formula is C10H15NO2. The Bertz CT molecular complexity index is 232. The minimum Gasteiger partial charge on any atom is -0.464 e. The highest BCUT2D eigenvalue weighted by Gasteiger charge is 2.44. The van der Waals surface area contributed by atoms with Crippen LogP contribution in [0.2, 0.25) is 0 Å². The van der Waals surface area contributed by atoms with E-state index in [1.54, 1.807) is 0 Å². The highest BCUT2D eigenvalue weighted by molar-refractivity contribution is 5.81. The number of nitriles is 1. The van der Waals surface area contributed by atoms with E-state index in [1.165, 1.54) is 0 Å². The van der Waals surface area contributed by atoms with Crippen LogP contribution in [0.1, 0.15) is 39.0 Å². The number of nitrogens with zero attached hydrogens (tertiary/aromatic N) is 1. The molecule has 3 heteroatoms. The Morgan fingerprint density at radius 3 is 2.85 bits per heavy atom. The van der Waals surface area contributed by atoms with E-state index in [1.807, 2.05) is 0 Å². The lowest BCUT2D eigenvalue weighted by Crippen LogP contribution is -2.24. The molecule has 3 nitrogen and oxygen atoms in total. The van der Waals surface area contributed by atoms with Gasteiger partial charge >= 0.3 is 5.97 Å². The second-order valence-electron chi connectivity index (χ2n) is 3.54. The summed E-state index contributed by atoms with van der Waals surface area (Å²) in [4.78, 5) is 11.3. The third-order valence-corrected chi connectivity index (χ3v) is 2.57. The number of cyclic esters (lactones) is 1. The van der Waals surface area contributed by atoms with Crippen LogP contribution in [0.4, 0.5) is 0 Å². The summed E-state index contributed by atoms with van der Waals surface area (Å²) in [5, 5.41) is 8.94. The largest absolute Gasteiger partial charge is 0.464 e. The molecule has 0 radical (unpaired) electrons. The van der Waals surface area contributed by atoms with E-state index in [-0.39, 0.29) is 5.97 Å². The van der Waals surface area contributed by atoms with Gasteiger partial charge in [0, 0.05) is 6.42 Å². The van der Waals surface area contributed by atoms with Crippen LogP contribution in [0.5, 0.6) is 0 Å². The first kappa shape index (κ1) is 10.0. The van der Waals surface area contributed by atoms with Crippen LogP contribution in [0.3, 0.4) is 0 Å². The summed E-state index contributed by atoms with van der Waals surface area (Å²) >= 11 is 0. The van der Waals surface area contributed by atoms with E-state index in [0.29, 0.717) is 19.4 Å². The third-order valence-electron chi connectivity index (χ3n) is 2.57. The zero-order chi connectivity index (χ0) is 9.73. The van der Waals surface area contributed by atoms with Crippen LogP contribution in [0.15, 0.2) is 0 Å². The quantitative estimate of drug-likeness (QED) is 0.492. The van der Waals surface area contributed by atoms with Gasteiger partial charge in [0.1, 0.15) is 0 Å². The van der Waals surface area contributed by atoms with E-state index >= 15 is 0 Å². The number of ether oxygens (including phenoxy) is 1. The molecule has 1 atom stereocenters. The number of hydrogen-bond donors (Lipinski definition) is 0. The topological polar surface area (TPSA) is 50.1 Å². The second kappa shape index (κ2) is 4.27. The molecular weight excluding hydrogens is 166 g/mol. The number of esters is 1. The number of unbranched alkanes of at least 4 members (excludes halogenated alkanes) is 2. The molecule has 0 aromatic rings. The Kier molecular flexibility index (Phi) is 3.30. The van der Waals surface area contributed by atoms with E-state index in [2.05, 4.69) is 13.0 Å². The Balaban J connectivity index is 2.51. The molecule has 1 unspecified atom stereocenters. The first-order valence-electron chi connectivity index (χ1n) is 4.83. The average Bonchev–Trinajstić information content (AvgIpc) is 2.49. The monoisotopic (exact) mass is 181 g/mol. The average molecular weight is 181 g/mol. The van der Waals surface area contributed by atoms with Crippen molar-refractivity contribution in [2.75, 3.05) is 6.61 Å². The van der Waals surface area contributed by atoms with Gasteiger partial charge in [-0.3, -0.25) is 4.79 Å². The van der Waals surface area contributed by atoms with Crippen molar-refractivity contribution in [3.05, 3.63) is 0 Å². The maximum absolute atomic E-state index is 11.3. The van der Waals surface area contributed by atoms with Gasteiger partial charge in [0.15, 0.2) is 5.41 Å². The molecule has 0 aliphatic carbocycles. The number of rotatable bonds is 4. The van der Waals surface area contributed by atoms with Crippen LogP contribution in [0, 0.1) is 16.7 Å². The molecule has 0 aromatic carbocycles. The fourth-order valence-corrected chi connectivity index (χ4v) is 1.62. The van der Waals surface area contributed by atoms with Crippen molar-refractivity contribution in [1.82, 2.24) is 0 Å². The van der Waals surface area contributed by atoms with Crippen LogP contribution in [0.25, 0.3) is 0 Å². The summed E-state index contributed by atoms with van der Waals surface area (Å²) in [6.45, 7) is 2.52. The van der Waals surface area contributed by atoms with E-state index < -0.39 is 5.41 Å². The molecule has 1 fully saturated rings. The lowest BCUT2D eigenvalue weighted by molar-refractivity contribution is -0.144. The van der Waals surface area contributed by atoms with E-state index in [0.717, 1.165) is 19.3 Å². The molecule has 0 N–H and O–H groups in total. The molecule has 13 heavy (non-hydrogen) atoms. The van der Waals surface area contributed by atoms with Gasteiger partial charge in [-0.05, 0) is 6.42 Å². The lowest BCUT2D eigenvalue weighted by atomic mass is 9.83.